The minimum Gasteiger partial charge on any atom is -0.227 e. The van der Waals surface area contributed by atoms with Crippen LogP contribution in [0.2, 0.25) is 0 Å². The number of thioether (sulfide) groups is 2. The Morgan fingerprint density at radius 3 is 1.52 bits per heavy atom. The predicted molar refractivity (Wildman–Crippen MR) is 103 cm³/mol. The number of nitrogens with zero attached hydrogens (tertiary/aromatic N) is 8. The molecule has 0 N–H and O–H groups in total. The third kappa shape index (κ3) is 6.58. The van der Waals surface area contributed by atoms with Gasteiger partial charge in [0, 0.05) is 0 Å². The standard InChI is InChI=1S/C15H28N8S2/c1-14(2,22-12-16-18-20-22)6-10-24-8-5-9-25-11-7-15(3,4)23-13-17-19-21-23/h12-13H,5-11H2,1-4H3. The highest BCUT2D eigenvalue weighted by atomic mass is 32.2. The van der Waals surface area contributed by atoms with Crippen molar-refractivity contribution in [3.05, 3.63) is 12.7 Å². The minimum atomic E-state index is -0.0208. The molecule has 0 atom stereocenters. The topological polar surface area (TPSA) is 87.2 Å². The van der Waals surface area contributed by atoms with Crippen LogP contribution in [-0.2, 0) is 11.1 Å². The third-order valence-corrected chi connectivity index (χ3v) is 6.37. The Morgan fingerprint density at radius 2 is 1.16 bits per heavy atom. The molecule has 0 radical (unpaired) electrons. The molecule has 2 aromatic rings. The monoisotopic (exact) mass is 384 g/mol. The van der Waals surface area contributed by atoms with Gasteiger partial charge in [-0.15, -0.1) is 10.2 Å². The van der Waals surface area contributed by atoms with Gasteiger partial charge >= 0.3 is 0 Å². The van der Waals surface area contributed by atoms with Gasteiger partial charge in [0.15, 0.2) is 0 Å². The predicted octanol–water partition coefficient (Wildman–Crippen LogP) is 2.47. The molecule has 0 aliphatic carbocycles. The second kappa shape index (κ2) is 9.51. The highest BCUT2D eigenvalue weighted by Crippen LogP contribution is 2.22. The van der Waals surface area contributed by atoms with Gasteiger partial charge in [-0.3, -0.25) is 0 Å². The summed E-state index contributed by atoms with van der Waals surface area (Å²) in [5.41, 5.74) is -0.0416. The first kappa shape index (κ1) is 20.2. The van der Waals surface area contributed by atoms with Crippen molar-refractivity contribution in [1.29, 1.82) is 0 Å². The van der Waals surface area contributed by atoms with Crippen molar-refractivity contribution in [2.75, 3.05) is 23.0 Å². The number of aromatic nitrogens is 8. The molecule has 0 unspecified atom stereocenters. The Balaban J connectivity index is 1.49. The summed E-state index contributed by atoms with van der Waals surface area (Å²) in [6.07, 6.45) is 6.76. The maximum Gasteiger partial charge on any atom is 0.138 e. The van der Waals surface area contributed by atoms with E-state index in [9.17, 15) is 0 Å². The first-order chi connectivity index (χ1) is 11.9. The molecule has 10 heteroatoms. The van der Waals surface area contributed by atoms with Crippen LogP contribution < -0.4 is 0 Å². The first-order valence-electron chi connectivity index (χ1n) is 8.54. The Bertz CT molecular complexity index is 530. The van der Waals surface area contributed by atoms with Gasteiger partial charge in [-0.05, 0) is 90.8 Å². The van der Waals surface area contributed by atoms with Gasteiger partial charge in [-0.1, -0.05) is 0 Å². The zero-order valence-electron chi connectivity index (χ0n) is 15.5. The SMILES string of the molecule is CC(C)(CCSCCCSCCC(C)(C)n1cnnn1)n1cnnn1. The maximum atomic E-state index is 4.00. The molecule has 25 heavy (non-hydrogen) atoms. The van der Waals surface area contributed by atoms with Gasteiger partial charge in [0.05, 0.1) is 11.1 Å². The van der Waals surface area contributed by atoms with Crippen LogP contribution in [0.25, 0.3) is 0 Å². The first-order valence-corrected chi connectivity index (χ1v) is 10.9. The number of hydrogen-bond acceptors (Lipinski definition) is 8. The van der Waals surface area contributed by atoms with E-state index in [1.54, 1.807) is 12.7 Å². The Kier molecular flexibility index (Phi) is 7.67. The van der Waals surface area contributed by atoms with Crippen molar-refractivity contribution in [3.8, 4) is 0 Å². The molecule has 0 fully saturated rings. The minimum absolute atomic E-state index is 0.0208. The van der Waals surface area contributed by atoms with E-state index in [4.69, 9.17) is 0 Å². The van der Waals surface area contributed by atoms with Crippen molar-refractivity contribution in [1.82, 2.24) is 40.4 Å². The van der Waals surface area contributed by atoms with E-state index in [-0.39, 0.29) is 11.1 Å². The lowest BCUT2D eigenvalue weighted by Gasteiger charge is -2.23. The molecule has 0 aliphatic heterocycles. The molecule has 2 rings (SSSR count). The molecule has 140 valence electrons. The van der Waals surface area contributed by atoms with Crippen LogP contribution in [0.4, 0.5) is 0 Å². The van der Waals surface area contributed by atoms with Crippen molar-refractivity contribution in [3.63, 3.8) is 0 Å². The second-order valence-electron chi connectivity index (χ2n) is 7.21. The summed E-state index contributed by atoms with van der Waals surface area (Å²) in [7, 11) is 0. The number of hydrogen-bond donors (Lipinski definition) is 0. The van der Waals surface area contributed by atoms with Crippen LogP contribution in [0.3, 0.4) is 0 Å². The van der Waals surface area contributed by atoms with Crippen LogP contribution in [0, 0.1) is 0 Å². The zero-order valence-corrected chi connectivity index (χ0v) is 17.1. The largest absolute Gasteiger partial charge is 0.227 e. The number of rotatable bonds is 12. The third-order valence-electron chi connectivity index (χ3n) is 4.23. The molecule has 0 amide bonds. The second-order valence-corrected chi connectivity index (χ2v) is 9.66. The smallest absolute Gasteiger partial charge is 0.138 e. The Labute approximate surface area is 157 Å². The molecule has 0 spiro atoms. The van der Waals surface area contributed by atoms with Gasteiger partial charge < -0.3 is 0 Å². The summed E-state index contributed by atoms with van der Waals surface area (Å²) in [4.78, 5) is 0. The maximum absolute atomic E-state index is 4.00. The van der Waals surface area contributed by atoms with E-state index in [0.717, 1.165) is 24.3 Å². The summed E-state index contributed by atoms with van der Waals surface area (Å²) < 4.78 is 3.69. The molecule has 2 heterocycles. The fourth-order valence-electron chi connectivity index (χ4n) is 2.22. The van der Waals surface area contributed by atoms with Crippen LogP contribution >= 0.6 is 23.5 Å². The molecule has 0 bridgehead atoms. The van der Waals surface area contributed by atoms with E-state index in [1.165, 1.54) is 17.9 Å². The molecule has 8 nitrogen and oxygen atoms in total. The zero-order chi connectivity index (χ0) is 18.2. The van der Waals surface area contributed by atoms with Gasteiger partial charge in [-0.2, -0.15) is 23.5 Å². The summed E-state index contributed by atoms with van der Waals surface area (Å²) in [6.45, 7) is 8.69. The van der Waals surface area contributed by atoms with Crippen molar-refractivity contribution in [2.45, 2.75) is 58.0 Å². The summed E-state index contributed by atoms with van der Waals surface area (Å²) >= 11 is 4.03. The lowest BCUT2D eigenvalue weighted by molar-refractivity contribution is 0.303. The fourth-order valence-corrected chi connectivity index (χ4v) is 4.79. The Morgan fingerprint density at radius 1 is 0.720 bits per heavy atom. The summed E-state index contributed by atoms with van der Waals surface area (Å²) in [6, 6.07) is 0. The quantitative estimate of drug-likeness (QED) is 0.516. The van der Waals surface area contributed by atoms with Gasteiger partial charge in [0.2, 0.25) is 0 Å². The van der Waals surface area contributed by atoms with E-state index in [1.807, 2.05) is 32.9 Å². The average molecular weight is 385 g/mol. The Hall–Kier alpha value is -1.16. The molecule has 0 aromatic carbocycles. The number of tetrazole rings is 2. The van der Waals surface area contributed by atoms with E-state index < -0.39 is 0 Å². The van der Waals surface area contributed by atoms with Crippen molar-refractivity contribution in [2.24, 2.45) is 0 Å². The van der Waals surface area contributed by atoms with E-state index >= 15 is 0 Å². The molecule has 0 saturated carbocycles. The lowest BCUT2D eigenvalue weighted by Crippen LogP contribution is -2.27. The van der Waals surface area contributed by atoms with E-state index in [0.29, 0.717) is 0 Å². The fraction of sp³-hybridized carbons (Fsp3) is 0.867. The molecule has 0 aliphatic rings. The van der Waals surface area contributed by atoms with Gasteiger partial charge in [0.1, 0.15) is 12.7 Å². The van der Waals surface area contributed by atoms with Crippen molar-refractivity contribution >= 4 is 23.5 Å². The molecule has 2 aromatic heterocycles. The molecular weight excluding hydrogens is 356 g/mol. The highest BCUT2D eigenvalue weighted by Gasteiger charge is 2.21. The summed E-state index contributed by atoms with van der Waals surface area (Å²) in [5.74, 6) is 4.66. The van der Waals surface area contributed by atoms with Crippen LogP contribution in [-0.4, -0.2) is 63.4 Å². The van der Waals surface area contributed by atoms with Crippen LogP contribution in [0.15, 0.2) is 12.7 Å². The van der Waals surface area contributed by atoms with Gasteiger partial charge in [-0.25, -0.2) is 9.36 Å². The van der Waals surface area contributed by atoms with Crippen molar-refractivity contribution < 1.29 is 0 Å². The molecule has 0 saturated heterocycles. The van der Waals surface area contributed by atoms with Crippen LogP contribution in [0.1, 0.15) is 47.0 Å². The normalized spacial score (nSPS) is 12.6. The van der Waals surface area contributed by atoms with E-state index in [2.05, 4.69) is 58.7 Å². The average Bonchev–Trinajstić information content (AvgIpc) is 3.26. The highest BCUT2D eigenvalue weighted by molar-refractivity contribution is 8.00. The van der Waals surface area contributed by atoms with Crippen LogP contribution in [0.5, 0.6) is 0 Å². The lowest BCUT2D eigenvalue weighted by atomic mass is 10.0. The summed E-state index contributed by atoms with van der Waals surface area (Å²) in [5, 5.41) is 22.9. The van der Waals surface area contributed by atoms with Gasteiger partial charge in [0.25, 0.3) is 0 Å². The molecular formula is C15H28N8S2.